The number of hydrogen-bond donors (Lipinski definition) is 1. The van der Waals surface area contributed by atoms with Gasteiger partial charge in [-0.25, -0.2) is 14.4 Å². The summed E-state index contributed by atoms with van der Waals surface area (Å²) in [5.74, 6) is 4.36. The highest BCUT2D eigenvalue weighted by Crippen LogP contribution is 2.34. The van der Waals surface area contributed by atoms with Gasteiger partial charge in [0.1, 0.15) is 23.6 Å². The van der Waals surface area contributed by atoms with Crippen molar-refractivity contribution in [1.82, 2.24) is 19.4 Å². The van der Waals surface area contributed by atoms with Crippen LogP contribution in [0.1, 0.15) is 22.5 Å². The Morgan fingerprint density at radius 3 is 2.79 bits per heavy atom. The molecule has 6 nitrogen and oxygen atoms in total. The second kappa shape index (κ2) is 8.65. The van der Waals surface area contributed by atoms with Gasteiger partial charge in [0.25, 0.3) is 0 Å². The number of imidazole rings is 1. The van der Waals surface area contributed by atoms with Crippen LogP contribution in [0.15, 0.2) is 43.0 Å². The van der Waals surface area contributed by atoms with Crippen molar-refractivity contribution >= 4 is 21.5 Å². The standard InChI is InChI=1S/C26H26FN5OS/c1-17-18(6-5-11-28-17)21-15-30-26(32-16-31-23(25(21)32)10-13-34(2,3)4)29-14-20-19-9-12-33-24(19)8-7-22(20)27/h5-8,11,15-16H,9,12,14H2,1-4H3,(H,29,30). The van der Waals surface area contributed by atoms with Crippen LogP contribution < -0.4 is 10.1 Å². The van der Waals surface area contributed by atoms with E-state index in [9.17, 15) is 4.39 Å². The first-order valence-corrected chi connectivity index (χ1v) is 13.8. The molecule has 0 atom stereocenters. The van der Waals surface area contributed by atoms with Gasteiger partial charge in [0.15, 0.2) is 0 Å². The molecule has 1 aliphatic rings. The van der Waals surface area contributed by atoms with Gasteiger partial charge in [0.05, 0.1) is 12.1 Å². The number of pyridine rings is 1. The SMILES string of the molecule is Cc1ncccc1-c1cnc(NCc2c(F)ccc3c2CCO3)n2cnc(C#CS(C)(C)C)c12. The summed E-state index contributed by atoms with van der Waals surface area (Å²) in [4.78, 5) is 13.7. The van der Waals surface area contributed by atoms with Crippen molar-refractivity contribution in [2.75, 3.05) is 30.7 Å². The molecule has 1 N–H and O–H groups in total. The molecule has 174 valence electrons. The molecule has 0 saturated heterocycles. The smallest absolute Gasteiger partial charge is 0.209 e. The van der Waals surface area contributed by atoms with Gasteiger partial charge in [-0.15, -0.1) is 0 Å². The fraction of sp³-hybridized carbons (Fsp3) is 0.269. The third-order valence-electron chi connectivity index (χ3n) is 5.70. The van der Waals surface area contributed by atoms with Gasteiger partial charge in [0, 0.05) is 53.3 Å². The highest BCUT2D eigenvalue weighted by molar-refractivity contribution is 8.35. The van der Waals surface area contributed by atoms with Gasteiger partial charge in [-0.05, 0) is 55.1 Å². The molecule has 3 aromatic heterocycles. The zero-order valence-electron chi connectivity index (χ0n) is 19.6. The van der Waals surface area contributed by atoms with Crippen molar-refractivity contribution in [1.29, 1.82) is 0 Å². The Hall–Kier alpha value is -3.57. The lowest BCUT2D eigenvalue weighted by molar-refractivity contribution is 0.356. The molecule has 4 aromatic rings. The number of aromatic nitrogens is 4. The van der Waals surface area contributed by atoms with Crippen LogP contribution in [0.2, 0.25) is 0 Å². The molecule has 1 aromatic carbocycles. The Balaban J connectivity index is 1.60. The molecule has 8 heteroatoms. The number of anilines is 1. The molecule has 0 bridgehead atoms. The van der Waals surface area contributed by atoms with Gasteiger partial charge >= 0.3 is 0 Å². The summed E-state index contributed by atoms with van der Waals surface area (Å²) in [6, 6.07) is 7.08. The zero-order valence-corrected chi connectivity index (χ0v) is 20.5. The molecule has 0 aliphatic carbocycles. The normalized spacial score (nSPS) is 13.2. The van der Waals surface area contributed by atoms with Gasteiger partial charge in [0.2, 0.25) is 5.95 Å². The molecule has 0 spiro atoms. The molecule has 5 rings (SSSR count). The average molecular weight is 476 g/mol. The lowest BCUT2D eigenvalue weighted by atomic mass is 10.0. The van der Waals surface area contributed by atoms with Crippen LogP contribution in [-0.2, 0) is 13.0 Å². The van der Waals surface area contributed by atoms with Gasteiger partial charge in [-0.2, -0.15) is 10.0 Å². The van der Waals surface area contributed by atoms with E-state index in [1.54, 1.807) is 18.6 Å². The molecule has 0 saturated carbocycles. The Morgan fingerprint density at radius 1 is 1.15 bits per heavy atom. The first kappa shape index (κ1) is 22.2. The maximum Gasteiger partial charge on any atom is 0.209 e. The number of benzene rings is 1. The largest absolute Gasteiger partial charge is 0.493 e. The Morgan fingerprint density at radius 2 is 2.00 bits per heavy atom. The minimum Gasteiger partial charge on any atom is -0.493 e. The number of nitrogens with zero attached hydrogens (tertiary/aromatic N) is 4. The van der Waals surface area contributed by atoms with E-state index < -0.39 is 10.0 Å². The van der Waals surface area contributed by atoms with Gasteiger partial charge in [-0.1, -0.05) is 6.07 Å². The van der Waals surface area contributed by atoms with Crippen molar-refractivity contribution in [3.63, 3.8) is 0 Å². The molecule has 0 fully saturated rings. The predicted octanol–water partition coefficient (Wildman–Crippen LogP) is 4.79. The minimum atomic E-state index is -1.03. The highest BCUT2D eigenvalue weighted by atomic mass is 32.3. The zero-order chi connectivity index (χ0) is 23.9. The maximum atomic E-state index is 14.6. The Labute approximate surface area is 199 Å². The summed E-state index contributed by atoms with van der Waals surface area (Å²) < 4.78 is 22.1. The average Bonchev–Trinajstić information content (AvgIpc) is 3.44. The number of nitrogens with one attached hydrogen (secondary N) is 1. The maximum absolute atomic E-state index is 14.6. The fourth-order valence-electron chi connectivity index (χ4n) is 4.08. The van der Waals surface area contributed by atoms with E-state index in [2.05, 4.69) is 50.2 Å². The van der Waals surface area contributed by atoms with E-state index in [1.165, 1.54) is 6.07 Å². The number of hydrogen-bond acceptors (Lipinski definition) is 5. The van der Waals surface area contributed by atoms with Crippen molar-refractivity contribution in [2.24, 2.45) is 0 Å². The number of fused-ring (bicyclic) bond motifs is 2. The molecule has 34 heavy (non-hydrogen) atoms. The van der Waals surface area contributed by atoms with Crippen LogP contribution in [0.4, 0.5) is 10.3 Å². The van der Waals surface area contributed by atoms with Crippen LogP contribution in [-0.4, -0.2) is 44.7 Å². The van der Waals surface area contributed by atoms with Crippen LogP contribution in [0.25, 0.3) is 16.6 Å². The number of ether oxygens (including phenoxy) is 1. The Kier molecular flexibility index (Phi) is 5.66. The van der Waals surface area contributed by atoms with Crippen molar-refractivity contribution in [2.45, 2.75) is 19.9 Å². The molecular formula is C26H26FN5OS. The summed E-state index contributed by atoms with van der Waals surface area (Å²) >= 11 is 0. The summed E-state index contributed by atoms with van der Waals surface area (Å²) in [5, 5.41) is 6.67. The van der Waals surface area contributed by atoms with Crippen molar-refractivity contribution < 1.29 is 9.13 Å². The molecule has 0 radical (unpaired) electrons. The molecule has 0 amide bonds. The third-order valence-corrected chi connectivity index (χ3v) is 6.42. The van der Waals surface area contributed by atoms with E-state index in [0.29, 0.717) is 30.2 Å². The van der Waals surface area contributed by atoms with Crippen LogP contribution in [0.3, 0.4) is 0 Å². The fourth-order valence-corrected chi connectivity index (χ4v) is 4.48. The highest BCUT2D eigenvalue weighted by Gasteiger charge is 2.21. The summed E-state index contributed by atoms with van der Waals surface area (Å²) in [6.45, 7) is 2.84. The van der Waals surface area contributed by atoms with Gasteiger partial charge < -0.3 is 10.1 Å². The van der Waals surface area contributed by atoms with Crippen molar-refractivity contribution in [3.05, 3.63) is 71.3 Å². The number of rotatable bonds is 4. The topological polar surface area (TPSA) is 64.3 Å². The molecule has 0 unspecified atom stereocenters. The molecule has 4 heterocycles. The predicted molar refractivity (Wildman–Crippen MR) is 136 cm³/mol. The Bertz CT molecular complexity index is 1460. The van der Waals surface area contributed by atoms with Crippen LogP contribution in [0, 0.1) is 23.9 Å². The quantitative estimate of drug-likeness (QED) is 0.430. The van der Waals surface area contributed by atoms with E-state index >= 15 is 0 Å². The summed E-state index contributed by atoms with van der Waals surface area (Å²) in [7, 11) is -1.03. The first-order valence-electron chi connectivity index (χ1n) is 11.0. The van der Waals surface area contributed by atoms with E-state index in [-0.39, 0.29) is 12.4 Å². The van der Waals surface area contributed by atoms with Crippen LogP contribution >= 0.6 is 10.0 Å². The van der Waals surface area contributed by atoms with E-state index in [4.69, 9.17) is 4.74 Å². The lowest BCUT2D eigenvalue weighted by Crippen LogP contribution is -2.10. The molecule has 1 aliphatic heterocycles. The molecular weight excluding hydrogens is 449 g/mol. The van der Waals surface area contributed by atoms with Crippen molar-refractivity contribution in [3.8, 4) is 28.0 Å². The summed E-state index contributed by atoms with van der Waals surface area (Å²) in [5.41, 5.74) is 5.84. The summed E-state index contributed by atoms with van der Waals surface area (Å²) in [6.07, 6.45) is 12.5. The first-order chi connectivity index (χ1) is 16.3. The lowest BCUT2D eigenvalue weighted by Gasteiger charge is -2.15. The van der Waals surface area contributed by atoms with Gasteiger partial charge in [-0.3, -0.25) is 9.38 Å². The number of halogens is 1. The second-order valence-electron chi connectivity index (χ2n) is 8.96. The minimum absolute atomic E-state index is 0.249. The second-order valence-corrected chi connectivity index (χ2v) is 12.8. The van der Waals surface area contributed by atoms with E-state index in [0.717, 1.165) is 33.7 Å². The van der Waals surface area contributed by atoms with E-state index in [1.807, 2.05) is 29.7 Å². The number of aryl methyl sites for hydroxylation is 1. The van der Waals surface area contributed by atoms with Crippen LogP contribution in [0.5, 0.6) is 5.75 Å². The monoisotopic (exact) mass is 475 g/mol. The third kappa shape index (κ3) is 4.19.